The number of nitrogens with one attached hydrogen (secondary N) is 2. The molecule has 0 aliphatic carbocycles. The number of hydrogen-bond acceptors (Lipinski definition) is 5. The van der Waals surface area contributed by atoms with Gasteiger partial charge in [0.25, 0.3) is 5.91 Å². The van der Waals surface area contributed by atoms with Gasteiger partial charge < -0.3 is 11.1 Å². The Hall–Kier alpha value is -1.61. The smallest absolute Gasteiger partial charge is 0.271 e. The Morgan fingerprint density at radius 1 is 1.47 bits per heavy atom. The lowest BCUT2D eigenvalue weighted by molar-refractivity contribution is 0.0946. The van der Waals surface area contributed by atoms with E-state index in [1.807, 2.05) is 6.92 Å². The Labute approximate surface area is 112 Å². The van der Waals surface area contributed by atoms with Crippen molar-refractivity contribution in [1.82, 2.24) is 19.8 Å². The number of nitrogens with two attached hydrogens (primary N) is 1. The zero-order valence-corrected chi connectivity index (χ0v) is 12.0. The van der Waals surface area contributed by atoms with E-state index >= 15 is 0 Å². The summed E-state index contributed by atoms with van der Waals surface area (Å²) in [4.78, 5) is 12.0. The first kappa shape index (κ1) is 15.4. The standard InChI is InChI=1S/C10H19N5O3S/c1-4-15-9(8(11)7(2)14-15)10(16)13-5-6-19(17,18)12-3/h12H,4-6,11H2,1-3H3,(H,13,16). The number of nitrogens with zero attached hydrogens (tertiary/aromatic N) is 2. The SMILES string of the molecule is CCn1nc(C)c(N)c1C(=O)NCCS(=O)(=O)NC. The number of hydrogen-bond donors (Lipinski definition) is 3. The maximum absolute atomic E-state index is 12.0. The van der Waals surface area contributed by atoms with Crippen molar-refractivity contribution in [2.24, 2.45) is 0 Å². The quantitative estimate of drug-likeness (QED) is 0.625. The predicted octanol–water partition coefficient (Wildman–Crippen LogP) is -0.927. The van der Waals surface area contributed by atoms with Gasteiger partial charge in [0.2, 0.25) is 10.0 Å². The fourth-order valence-electron chi connectivity index (χ4n) is 1.55. The van der Waals surface area contributed by atoms with E-state index in [1.165, 1.54) is 11.7 Å². The molecule has 0 unspecified atom stereocenters. The number of aromatic nitrogens is 2. The lowest BCUT2D eigenvalue weighted by Crippen LogP contribution is -2.34. The van der Waals surface area contributed by atoms with Gasteiger partial charge in [-0.25, -0.2) is 13.1 Å². The van der Waals surface area contributed by atoms with Crippen molar-refractivity contribution in [3.05, 3.63) is 11.4 Å². The Morgan fingerprint density at radius 3 is 2.63 bits per heavy atom. The summed E-state index contributed by atoms with van der Waals surface area (Å²) in [5.74, 6) is -0.611. The molecule has 0 atom stereocenters. The van der Waals surface area contributed by atoms with E-state index in [9.17, 15) is 13.2 Å². The molecule has 1 aromatic heterocycles. The number of aryl methyl sites for hydroxylation is 2. The third kappa shape index (κ3) is 3.67. The first-order valence-electron chi connectivity index (χ1n) is 5.84. The molecule has 19 heavy (non-hydrogen) atoms. The molecule has 1 aromatic rings. The molecule has 0 aromatic carbocycles. The van der Waals surface area contributed by atoms with Gasteiger partial charge in [0.15, 0.2) is 0 Å². The number of nitrogen functional groups attached to an aromatic ring is 1. The minimum absolute atomic E-state index is 0.00931. The third-order valence-corrected chi connectivity index (χ3v) is 4.02. The molecule has 0 saturated heterocycles. The van der Waals surface area contributed by atoms with E-state index in [0.29, 0.717) is 17.9 Å². The highest BCUT2D eigenvalue weighted by Gasteiger charge is 2.19. The van der Waals surface area contributed by atoms with Crippen LogP contribution >= 0.6 is 0 Å². The van der Waals surface area contributed by atoms with Crippen LogP contribution in [0.25, 0.3) is 0 Å². The third-order valence-electron chi connectivity index (χ3n) is 2.66. The van der Waals surface area contributed by atoms with Gasteiger partial charge in [0.1, 0.15) is 5.69 Å². The summed E-state index contributed by atoms with van der Waals surface area (Å²) in [6.07, 6.45) is 0. The second kappa shape index (κ2) is 6.02. The molecular formula is C10H19N5O3S. The number of sulfonamides is 1. The summed E-state index contributed by atoms with van der Waals surface area (Å²) >= 11 is 0. The van der Waals surface area contributed by atoms with Gasteiger partial charge in [-0.1, -0.05) is 0 Å². The van der Waals surface area contributed by atoms with Crippen LogP contribution in [0.3, 0.4) is 0 Å². The molecule has 8 nitrogen and oxygen atoms in total. The van der Waals surface area contributed by atoms with E-state index < -0.39 is 15.9 Å². The fraction of sp³-hybridized carbons (Fsp3) is 0.600. The highest BCUT2D eigenvalue weighted by atomic mass is 32.2. The van der Waals surface area contributed by atoms with Crippen LogP contribution in [0.4, 0.5) is 5.69 Å². The van der Waals surface area contributed by atoms with Gasteiger partial charge in [-0.3, -0.25) is 9.48 Å². The van der Waals surface area contributed by atoms with Crippen molar-refractivity contribution < 1.29 is 13.2 Å². The topological polar surface area (TPSA) is 119 Å². The van der Waals surface area contributed by atoms with Crippen molar-refractivity contribution >= 4 is 21.6 Å². The first-order valence-corrected chi connectivity index (χ1v) is 7.50. The fourth-order valence-corrected chi connectivity index (χ4v) is 2.12. The molecule has 0 aliphatic rings. The average Bonchev–Trinajstić information content (AvgIpc) is 2.65. The molecule has 4 N–H and O–H groups in total. The number of carbonyl (C=O) groups excluding carboxylic acids is 1. The zero-order chi connectivity index (χ0) is 14.6. The molecular weight excluding hydrogens is 270 g/mol. The van der Waals surface area contributed by atoms with Crippen LogP contribution in [0.5, 0.6) is 0 Å². The summed E-state index contributed by atoms with van der Waals surface area (Å²) in [6, 6.07) is 0. The lowest BCUT2D eigenvalue weighted by Gasteiger charge is -2.07. The second-order valence-electron chi connectivity index (χ2n) is 3.94. The number of carbonyl (C=O) groups is 1. The number of anilines is 1. The van der Waals surface area contributed by atoms with Crippen molar-refractivity contribution in [1.29, 1.82) is 0 Å². The maximum Gasteiger partial charge on any atom is 0.271 e. The van der Waals surface area contributed by atoms with Crippen molar-refractivity contribution in [3.8, 4) is 0 Å². The Bertz CT molecular complexity index is 564. The molecule has 0 bridgehead atoms. The maximum atomic E-state index is 12.0. The molecule has 0 saturated carbocycles. The largest absolute Gasteiger partial charge is 0.395 e. The van der Waals surface area contributed by atoms with Crippen LogP contribution in [0.15, 0.2) is 0 Å². The van der Waals surface area contributed by atoms with Crippen molar-refractivity contribution in [3.63, 3.8) is 0 Å². The monoisotopic (exact) mass is 289 g/mol. The molecule has 0 radical (unpaired) electrons. The first-order chi connectivity index (χ1) is 8.82. The minimum Gasteiger partial charge on any atom is -0.395 e. The van der Waals surface area contributed by atoms with E-state index in [-0.39, 0.29) is 18.0 Å². The van der Waals surface area contributed by atoms with E-state index in [2.05, 4.69) is 15.1 Å². The number of rotatable bonds is 6. The zero-order valence-electron chi connectivity index (χ0n) is 11.2. The minimum atomic E-state index is -3.34. The second-order valence-corrected chi connectivity index (χ2v) is 5.99. The van der Waals surface area contributed by atoms with Crippen LogP contribution in [0, 0.1) is 6.92 Å². The molecule has 0 spiro atoms. The summed E-state index contributed by atoms with van der Waals surface area (Å²) in [5, 5.41) is 6.64. The molecule has 0 fully saturated rings. The molecule has 108 valence electrons. The summed E-state index contributed by atoms with van der Waals surface area (Å²) in [5.41, 5.74) is 6.95. The molecule has 1 rings (SSSR count). The summed E-state index contributed by atoms with van der Waals surface area (Å²) in [7, 11) is -2.01. The van der Waals surface area contributed by atoms with E-state index in [4.69, 9.17) is 5.73 Å². The van der Waals surface area contributed by atoms with Gasteiger partial charge in [0, 0.05) is 13.1 Å². The van der Waals surface area contributed by atoms with Crippen LogP contribution in [0.2, 0.25) is 0 Å². The van der Waals surface area contributed by atoms with Gasteiger partial charge in [0.05, 0.1) is 17.1 Å². The Morgan fingerprint density at radius 2 is 2.11 bits per heavy atom. The molecule has 1 heterocycles. The Kier molecular flexibility index (Phi) is 4.90. The van der Waals surface area contributed by atoms with E-state index in [0.717, 1.165) is 0 Å². The van der Waals surface area contributed by atoms with Crippen LogP contribution in [-0.4, -0.2) is 43.5 Å². The van der Waals surface area contributed by atoms with Crippen molar-refractivity contribution in [2.45, 2.75) is 20.4 Å². The summed E-state index contributed by atoms with van der Waals surface area (Å²) in [6.45, 7) is 4.07. The van der Waals surface area contributed by atoms with Crippen molar-refractivity contribution in [2.75, 3.05) is 25.1 Å². The molecule has 0 aliphatic heterocycles. The number of amides is 1. The highest BCUT2D eigenvalue weighted by Crippen LogP contribution is 2.15. The Balaban J connectivity index is 2.74. The average molecular weight is 289 g/mol. The summed E-state index contributed by atoms with van der Waals surface area (Å²) < 4.78 is 26.1. The molecule has 9 heteroatoms. The van der Waals surface area contributed by atoms with Crippen LogP contribution in [0.1, 0.15) is 23.1 Å². The predicted molar refractivity (Wildman–Crippen MR) is 72.2 cm³/mol. The van der Waals surface area contributed by atoms with Crippen LogP contribution in [-0.2, 0) is 16.6 Å². The molecule has 1 amide bonds. The van der Waals surface area contributed by atoms with Gasteiger partial charge >= 0.3 is 0 Å². The van der Waals surface area contributed by atoms with Gasteiger partial charge in [-0.15, -0.1) is 0 Å². The van der Waals surface area contributed by atoms with E-state index in [1.54, 1.807) is 6.92 Å². The van der Waals surface area contributed by atoms with Crippen LogP contribution < -0.4 is 15.8 Å². The normalized spacial score (nSPS) is 11.5. The van der Waals surface area contributed by atoms with Gasteiger partial charge in [-0.05, 0) is 20.9 Å². The lowest BCUT2D eigenvalue weighted by atomic mass is 10.3. The highest BCUT2D eigenvalue weighted by molar-refractivity contribution is 7.89. The van der Waals surface area contributed by atoms with Gasteiger partial charge in [-0.2, -0.15) is 5.10 Å².